The molecular formula is C19H27N3O2. The molecule has 130 valence electrons. The molecule has 3 unspecified atom stereocenters. The lowest BCUT2D eigenvalue weighted by molar-refractivity contribution is -0.124. The Balaban J connectivity index is 1.73. The summed E-state index contributed by atoms with van der Waals surface area (Å²) in [6.45, 7) is 4.21. The van der Waals surface area contributed by atoms with Gasteiger partial charge < -0.3 is 11.1 Å². The smallest absolute Gasteiger partial charge is 0.238 e. The molecule has 0 radical (unpaired) electrons. The van der Waals surface area contributed by atoms with Crippen molar-refractivity contribution in [2.45, 2.75) is 58.0 Å². The van der Waals surface area contributed by atoms with Crippen LogP contribution >= 0.6 is 0 Å². The van der Waals surface area contributed by atoms with Crippen LogP contribution in [0.5, 0.6) is 0 Å². The van der Waals surface area contributed by atoms with Crippen LogP contribution < -0.4 is 11.1 Å². The van der Waals surface area contributed by atoms with E-state index in [2.05, 4.69) is 10.2 Å². The fourth-order valence-electron chi connectivity index (χ4n) is 4.42. The maximum absolute atomic E-state index is 12.6. The van der Waals surface area contributed by atoms with Crippen LogP contribution in [0.15, 0.2) is 18.2 Å². The average Bonchev–Trinajstić information content (AvgIpc) is 2.90. The maximum Gasteiger partial charge on any atom is 0.238 e. The van der Waals surface area contributed by atoms with E-state index >= 15 is 0 Å². The van der Waals surface area contributed by atoms with Crippen molar-refractivity contribution in [1.29, 1.82) is 0 Å². The molecule has 3 rings (SSSR count). The standard InChI is InChI=1S/C19H27N3O2/c1-12-6-5-7-13(2)18(12)21-17(23)11-22-15-9-4-3-8-14(15)10-16(22)19(20)24/h5-7,14-16H,3-4,8-11H2,1-2H3,(H2,20,24)(H,21,23). The van der Waals surface area contributed by atoms with Crippen LogP contribution in [0, 0.1) is 19.8 Å². The van der Waals surface area contributed by atoms with Crippen LogP contribution in [0.3, 0.4) is 0 Å². The molecule has 1 aliphatic carbocycles. The van der Waals surface area contributed by atoms with Gasteiger partial charge in [-0.3, -0.25) is 14.5 Å². The van der Waals surface area contributed by atoms with Crippen molar-refractivity contribution in [2.75, 3.05) is 11.9 Å². The number of rotatable bonds is 4. The molecule has 2 amide bonds. The highest BCUT2D eigenvalue weighted by Crippen LogP contribution is 2.39. The van der Waals surface area contributed by atoms with Gasteiger partial charge in [0.25, 0.3) is 0 Å². The van der Waals surface area contributed by atoms with Gasteiger partial charge in [0.15, 0.2) is 0 Å². The number of hydrogen-bond donors (Lipinski definition) is 2. The number of carbonyl (C=O) groups excluding carboxylic acids is 2. The van der Waals surface area contributed by atoms with Gasteiger partial charge in [-0.2, -0.15) is 0 Å². The summed E-state index contributed by atoms with van der Waals surface area (Å²) in [7, 11) is 0. The molecule has 1 saturated carbocycles. The first-order valence-electron chi connectivity index (χ1n) is 8.88. The summed E-state index contributed by atoms with van der Waals surface area (Å²) >= 11 is 0. The van der Waals surface area contributed by atoms with Crippen LogP contribution in [0.4, 0.5) is 5.69 Å². The number of nitrogens with one attached hydrogen (secondary N) is 1. The van der Waals surface area contributed by atoms with E-state index in [1.165, 1.54) is 12.8 Å². The monoisotopic (exact) mass is 329 g/mol. The van der Waals surface area contributed by atoms with Crippen molar-refractivity contribution in [3.63, 3.8) is 0 Å². The Bertz CT molecular complexity index is 623. The van der Waals surface area contributed by atoms with Crippen LogP contribution in [0.2, 0.25) is 0 Å². The van der Waals surface area contributed by atoms with Crippen LogP contribution in [-0.2, 0) is 9.59 Å². The number of primary amides is 1. The number of nitrogens with two attached hydrogens (primary N) is 1. The van der Waals surface area contributed by atoms with Crippen molar-refractivity contribution in [2.24, 2.45) is 11.7 Å². The fourth-order valence-corrected chi connectivity index (χ4v) is 4.42. The molecule has 1 aromatic carbocycles. The zero-order valence-corrected chi connectivity index (χ0v) is 14.5. The molecule has 24 heavy (non-hydrogen) atoms. The van der Waals surface area contributed by atoms with Crippen molar-refractivity contribution in [3.05, 3.63) is 29.3 Å². The molecule has 1 heterocycles. The highest BCUT2D eigenvalue weighted by Gasteiger charge is 2.44. The van der Waals surface area contributed by atoms with Gasteiger partial charge in [-0.1, -0.05) is 31.0 Å². The molecule has 2 aliphatic rings. The van der Waals surface area contributed by atoms with Gasteiger partial charge in [0, 0.05) is 11.7 Å². The number of likely N-dealkylation sites (tertiary alicyclic amines) is 1. The van der Waals surface area contributed by atoms with E-state index in [-0.39, 0.29) is 24.4 Å². The summed E-state index contributed by atoms with van der Waals surface area (Å²) < 4.78 is 0. The first kappa shape index (κ1) is 17.0. The Morgan fingerprint density at radius 1 is 1.21 bits per heavy atom. The summed E-state index contributed by atoms with van der Waals surface area (Å²) in [5, 5.41) is 3.03. The largest absolute Gasteiger partial charge is 0.368 e. The third-order valence-corrected chi connectivity index (χ3v) is 5.62. The zero-order chi connectivity index (χ0) is 17.3. The number of fused-ring (bicyclic) bond motifs is 1. The quantitative estimate of drug-likeness (QED) is 0.890. The average molecular weight is 329 g/mol. The second-order valence-corrected chi connectivity index (χ2v) is 7.25. The van der Waals surface area contributed by atoms with E-state index in [9.17, 15) is 9.59 Å². The summed E-state index contributed by atoms with van der Waals surface area (Å²) in [5.41, 5.74) is 8.58. The Labute approximate surface area is 143 Å². The minimum atomic E-state index is -0.304. The molecule has 0 bridgehead atoms. The van der Waals surface area contributed by atoms with Gasteiger partial charge in [0.1, 0.15) is 0 Å². The Morgan fingerprint density at radius 3 is 2.54 bits per heavy atom. The summed E-state index contributed by atoms with van der Waals surface area (Å²) in [6.07, 6.45) is 5.39. The van der Waals surface area contributed by atoms with Gasteiger partial charge in [-0.15, -0.1) is 0 Å². The number of hydrogen-bond acceptors (Lipinski definition) is 3. The Hall–Kier alpha value is -1.88. The summed E-state index contributed by atoms with van der Waals surface area (Å²) in [5.74, 6) is 0.137. The third-order valence-electron chi connectivity index (χ3n) is 5.62. The number of para-hydroxylation sites is 1. The molecule has 1 saturated heterocycles. The zero-order valence-electron chi connectivity index (χ0n) is 14.5. The Morgan fingerprint density at radius 2 is 1.88 bits per heavy atom. The van der Waals surface area contributed by atoms with Crippen molar-refractivity contribution < 1.29 is 9.59 Å². The SMILES string of the molecule is Cc1cccc(C)c1NC(=O)CN1C(C(N)=O)CC2CCCCC21. The molecule has 1 aliphatic heterocycles. The topological polar surface area (TPSA) is 75.4 Å². The molecule has 5 nitrogen and oxygen atoms in total. The highest BCUT2D eigenvalue weighted by atomic mass is 16.2. The highest BCUT2D eigenvalue weighted by molar-refractivity contribution is 5.94. The molecule has 0 spiro atoms. The van der Waals surface area contributed by atoms with Crippen LogP contribution in [0.1, 0.15) is 43.2 Å². The van der Waals surface area contributed by atoms with Gasteiger partial charge in [-0.05, 0) is 50.2 Å². The molecular weight excluding hydrogens is 302 g/mol. The number of aryl methyl sites for hydroxylation is 2. The lowest BCUT2D eigenvalue weighted by atomic mass is 9.84. The Kier molecular flexibility index (Phi) is 4.90. The van der Waals surface area contributed by atoms with E-state index in [1.807, 2.05) is 32.0 Å². The van der Waals surface area contributed by atoms with Gasteiger partial charge >= 0.3 is 0 Å². The molecule has 5 heteroatoms. The van der Waals surface area contributed by atoms with Crippen LogP contribution in [-0.4, -0.2) is 35.3 Å². The second kappa shape index (κ2) is 6.93. The number of carbonyl (C=O) groups is 2. The minimum Gasteiger partial charge on any atom is -0.368 e. The van der Waals surface area contributed by atoms with Gasteiger partial charge in [0.05, 0.1) is 12.6 Å². The van der Waals surface area contributed by atoms with Gasteiger partial charge in [0.2, 0.25) is 11.8 Å². The third kappa shape index (κ3) is 3.31. The van der Waals surface area contributed by atoms with E-state index in [4.69, 9.17) is 5.73 Å². The van der Waals surface area contributed by atoms with E-state index in [0.29, 0.717) is 12.0 Å². The first-order valence-corrected chi connectivity index (χ1v) is 8.88. The lowest BCUT2D eigenvalue weighted by Gasteiger charge is -2.32. The van der Waals surface area contributed by atoms with Crippen molar-refractivity contribution in [3.8, 4) is 0 Å². The van der Waals surface area contributed by atoms with Gasteiger partial charge in [-0.25, -0.2) is 0 Å². The normalized spacial score (nSPS) is 26.8. The molecule has 0 aromatic heterocycles. The predicted octanol–water partition coefficient (Wildman–Crippen LogP) is 2.36. The predicted molar refractivity (Wildman–Crippen MR) is 94.6 cm³/mol. The maximum atomic E-state index is 12.6. The lowest BCUT2D eigenvalue weighted by Crippen LogP contribution is -2.48. The van der Waals surface area contributed by atoms with Crippen molar-refractivity contribution in [1.82, 2.24) is 4.90 Å². The molecule has 3 N–H and O–H groups in total. The summed E-state index contributed by atoms with van der Waals surface area (Å²) in [6, 6.07) is 5.97. The number of amides is 2. The second-order valence-electron chi connectivity index (χ2n) is 7.25. The van der Waals surface area contributed by atoms with E-state index in [0.717, 1.165) is 36.1 Å². The number of anilines is 1. The first-order chi connectivity index (χ1) is 11.5. The summed E-state index contributed by atoms with van der Waals surface area (Å²) in [4.78, 5) is 26.5. The van der Waals surface area contributed by atoms with Crippen LogP contribution in [0.25, 0.3) is 0 Å². The fraction of sp³-hybridized carbons (Fsp3) is 0.579. The van der Waals surface area contributed by atoms with E-state index < -0.39 is 0 Å². The molecule has 2 fully saturated rings. The number of benzene rings is 1. The molecule has 3 atom stereocenters. The van der Waals surface area contributed by atoms with Crippen molar-refractivity contribution >= 4 is 17.5 Å². The van der Waals surface area contributed by atoms with E-state index in [1.54, 1.807) is 0 Å². The number of nitrogens with zero attached hydrogens (tertiary/aromatic N) is 1. The minimum absolute atomic E-state index is 0.0649. The molecule has 1 aromatic rings.